The van der Waals surface area contributed by atoms with Crippen molar-refractivity contribution >= 4 is 5.91 Å². The van der Waals surface area contributed by atoms with E-state index < -0.39 is 0 Å². The molecule has 0 aromatic heterocycles. The Morgan fingerprint density at radius 3 is 2.94 bits per heavy atom. The van der Waals surface area contributed by atoms with Crippen molar-refractivity contribution in [2.75, 3.05) is 6.54 Å². The Morgan fingerprint density at radius 2 is 2.38 bits per heavy atom. The maximum atomic E-state index is 10.7. The smallest absolute Gasteiger partial charge is 0.218 e. The first-order valence-corrected chi connectivity index (χ1v) is 6.16. The molecule has 0 saturated heterocycles. The zero-order chi connectivity index (χ0) is 12.1. The number of allylic oxidation sites excluding steroid dienone is 2. The third kappa shape index (κ3) is 4.79. The molecule has 3 atom stereocenters. The lowest BCUT2D eigenvalue weighted by Gasteiger charge is -2.26. The van der Waals surface area contributed by atoms with Crippen molar-refractivity contribution in [3.05, 3.63) is 11.6 Å². The third-order valence-corrected chi connectivity index (χ3v) is 3.15. The van der Waals surface area contributed by atoms with Gasteiger partial charge >= 0.3 is 0 Å². The van der Waals surface area contributed by atoms with Gasteiger partial charge in [-0.05, 0) is 45.1 Å². The Hall–Kier alpha value is -0.830. The van der Waals surface area contributed by atoms with E-state index >= 15 is 0 Å². The van der Waals surface area contributed by atoms with Gasteiger partial charge in [0.15, 0.2) is 0 Å². The molecule has 0 aromatic carbocycles. The molecule has 0 fully saturated rings. The van der Waals surface area contributed by atoms with E-state index in [4.69, 9.17) is 5.73 Å². The molecule has 1 aliphatic carbocycles. The summed E-state index contributed by atoms with van der Waals surface area (Å²) in [7, 11) is 0. The van der Waals surface area contributed by atoms with Crippen molar-refractivity contribution < 1.29 is 4.79 Å². The zero-order valence-corrected chi connectivity index (χ0v) is 10.6. The van der Waals surface area contributed by atoms with Crippen LogP contribution in [0.4, 0.5) is 0 Å². The highest BCUT2D eigenvalue weighted by molar-refractivity contribution is 5.74. The van der Waals surface area contributed by atoms with Crippen LogP contribution in [-0.2, 0) is 4.79 Å². The van der Waals surface area contributed by atoms with Gasteiger partial charge < -0.3 is 11.1 Å². The van der Waals surface area contributed by atoms with Crippen LogP contribution in [-0.4, -0.2) is 18.5 Å². The average Bonchev–Trinajstić information content (AvgIpc) is 2.12. The van der Waals surface area contributed by atoms with Crippen molar-refractivity contribution in [1.82, 2.24) is 5.32 Å². The second-order valence-corrected chi connectivity index (χ2v) is 5.28. The molecule has 0 heterocycles. The van der Waals surface area contributed by atoms with E-state index in [1.807, 2.05) is 6.92 Å². The molecule has 0 spiro atoms. The Balaban J connectivity index is 2.28. The van der Waals surface area contributed by atoms with Crippen LogP contribution in [0.15, 0.2) is 11.6 Å². The maximum Gasteiger partial charge on any atom is 0.218 e. The van der Waals surface area contributed by atoms with Crippen LogP contribution in [0.1, 0.15) is 40.0 Å². The number of amides is 1. The first-order valence-electron chi connectivity index (χ1n) is 6.16. The number of primary amides is 1. The topological polar surface area (TPSA) is 55.1 Å². The Labute approximate surface area is 98.5 Å². The number of nitrogens with one attached hydrogen (secondary N) is 1. The van der Waals surface area contributed by atoms with E-state index in [1.54, 1.807) is 0 Å². The molecule has 0 aromatic rings. The maximum absolute atomic E-state index is 10.7. The Bertz CT molecular complexity index is 273. The number of hydrogen-bond acceptors (Lipinski definition) is 2. The van der Waals surface area contributed by atoms with E-state index in [0.29, 0.717) is 18.3 Å². The molecule has 0 saturated carbocycles. The number of hydrogen-bond donors (Lipinski definition) is 2. The first-order chi connectivity index (χ1) is 7.47. The Kier molecular flexibility index (Phi) is 5.00. The quantitative estimate of drug-likeness (QED) is 0.700. The van der Waals surface area contributed by atoms with Crippen LogP contribution in [0, 0.1) is 11.8 Å². The van der Waals surface area contributed by atoms with Crippen molar-refractivity contribution in [3.8, 4) is 0 Å². The molecule has 92 valence electrons. The highest BCUT2D eigenvalue weighted by atomic mass is 16.1. The molecule has 0 bridgehead atoms. The second-order valence-electron chi connectivity index (χ2n) is 5.28. The molecule has 0 radical (unpaired) electrons. The van der Waals surface area contributed by atoms with Crippen LogP contribution < -0.4 is 11.1 Å². The molecule has 1 aliphatic rings. The number of nitrogens with two attached hydrogens (primary N) is 1. The highest BCUT2D eigenvalue weighted by Crippen LogP contribution is 2.27. The average molecular weight is 224 g/mol. The minimum absolute atomic E-state index is 0.194. The fourth-order valence-electron chi connectivity index (χ4n) is 2.58. The van der Waals surface area contributed by atoms with Crippen LogP contribution in [0.3, 0.4) is 0 Å². The lowest BCUT2D eigenvalue weighted by Crippen LogP contribution is -2.35. The van der Waals surface area contributed by atoms with Crippen molar-refractivity contribution in [3.63, 3.8) is 0 Å². The molecule has 3 nitrogen and oxygen atoms in total. The van der Waals surface area contributed by atoms with E-state index in [1.165, 1.54) is 18.4 Å². The summed E-state index contributed by atoms with van der Waals surface area (Å²) in [6.07, 6.45) is 5.22. The fourth-order valence-corrected chi connectivity index (χ4v) is 2.58. The number of carbonyl (C=O) groups excluding carboxylic acids is 1. The van der Waals surface area contributed by atoms with Gasteiger partial charge in [0.05, 0.1) is 0 Å². The third-order valence-electron chi connectivity index (χ3n) is 3.15. The summed E-state index contributed by atoms with van der Waals surface area (Å²) in [5, 5.41) is 3.40. The molecular formula is C13H24N2O. The standard InChI is InChI=1S/C13H24N2O/c1-9-4-10(2)6-12(5-9)8-15-11(3)7-13(14)16/h4,9,11-12,15H,5-8H2,1-3H3,(H2,14,16). The minimum Gasteiger partial charge on any atom is -0.370 e. The summed E-state index contributed by atoms with van der Waals surface area (Å²) < 4.78 is 0. The van der Waals surface area contributed by atoms with Crippen molar-refractivity contribution in [1.29, 1.82) is 0 Å². The van der Waals surface area contributed by atoms with Gasteiger partial charge in [-0.1, -0.05) is 18.6 Å². The van der Waals surface area contributed by atoms with Gasteiger partial charge in [-0.2, -0.15) is 0 Å². The molecule has 16 heavy (non-hydrogen) atoms. The molecule has 3 heteroatoms. The van der Waals surface area contributed by atoms with Gasteiger partial charge in [0.1, 0.15) is 0 Å². The van der Waals surface area contributed by atoms with E-state index in [2.05, 4.69) is 25.2 Å². The van der Waals surface area contributed by atoms with E-state index in [0.717, 1.165) is 6.54 Å². The van der Waals surface area contributed by atoms with Crippen molar-refractivity contribution in [2.45, 2.75) is 46.1 Å². The number of carbonyl (C=O) groups is 1. The monoisotopic (exact) mass is 224 g/mol. The molecule has 3 unspecified atom stereocenters. The summed E-state index contributed by atoms with van der Waals surface area (Å²) in [6, 6.07) is 0.194. The zero-order valence-electron chi connectivity index (χ0n) is 10.6. The van der Waals surface area contributed by atoms with Gasteiger partial charge in [0.25, 0.3) is 0 Å². The second kappa shape index (κ2) is 6.04. The van der Waals surface area contributed by atoms with Crippen LogP contribution in [0.5, 0.6) is 0 Å². The van der Waals surface area contributed by atoms with Crippen molar-refractivity contribution in [2.24, 2.45) is 17.6 Å². The summed E-state index contributed by atoms with van der Waals surface area (Å²) in [5.41, 5.74) is 6.65. The van der Waals surface area contributed by atoms with E-state index in [-0.39, 0.29) is 11.9 Å². The molecular weight excluding hydrogens is 200 g/mol. The first kappa shape index (κ1) is 13.2. The fraction of sp³-hybridized carbons (Fsp3) is 0.769. The summed E-state index contributed by atoms with van der Waals surface area (Å²) in [5.74, 6) is 1.16. The largest absolute Gasteiger partial charge is 0.370 e. The normalized spacial score (nSPS) is 27.3. The predicted octanol–water partition coefficient (Wildman–Crippen LogP) is 1.83. The minimum atomic E-state index is -0.229. The highest BCUT2D eigenvalue weighted by Gasteiger charge is 2.18. The van der Waals surface area contributed by atoms with Crippen LogP contribution in [0.25, 0.3) is 0 Å². The predicted molar refractivity (Wildman–Crippen MR) is 66.9 cm³/mol. The van der Waals surface area contributed by atoms with Gasteiger partial charge in [-0.3, -0.25) is 4.79 Å². The van der Waals surface area contributed by atoms with Gasteiger partial charge in [-0.15, -0.1) is 0 Å². The van der Waals surface area contributed by atoms with Crippen LogP contribution >= 0.6 is 0 Å². The van der Waals surface area contributed by atoms with E-state index in [9.17, 15) is 4.79 Å². The van der Waals surface area contributed by atoms with Gasteiger partial charge in [0, 0.05) is 12.5 Å². The molecule has 3 N–H and O–H groups in total. The lowest BCUT2D eigenvalue weighted by molar-refractivity contribution is -0.118. The molecule has 1 amide bonds. The lowest BCUT2D eigenvalue weighted by atomic mass is 9.83. The summed E-state index contributed by atoms with van der Waals surface area (Å²) in [6.45, 7) is 7.47. The SMILES string of the molecule is CC1=CC(C)CC(CNC(C)CC(N)=O)C1. The van der Waals surface area contributed by atoms with Crippen LogP contribution in [0.2, 0.25) is 0 Å². The Morgan fingerprint density at radius 1 is 1.69 bits per heavy atom. The molecule has 1 rings (SSSR count). The number of rotatable bonds is 5. The van der Waals surface area contributed by atoms with Gasteiger partial charge in [-0.25, -0.2) is 0 Å². The van der Waals surface area contributed by atoms with Gasteiger partial charge in [0.2, 0.25) is 5.91 Å². The summed E-state index contributed by atoms with van der Waals surface area (Å²) in [4.78, 5) is 10.7. The molecule has 0 aliphatic heterocycles. The summed E-state index contributed by atoms with van der Waals surface area (Å²) >= 11 is 0.